The summed E-state index contributed by atoms with van der Waals surface area (Å²) in [5.41, 5.74) is 3.59. The molecule has 6 nitrogen and oxygen atoms in total. The van der Waals surface area contributed by atoms with Crippen LogP contribution in [0.15, 0.2) is 60.7 Å². The Morgan fingerprint density at radius 2 is 1.90 bits per heavy atom. The van der Waals surface area contributed by atoms with Crippen molar-refractivity contribution in [3.8, 4) is 22.9 Å². The van der Waals surface area contributed by atoms with Gasteiger partial charge in [-0.1, -0.05) is 23.7 Å². The first kappa shape index (κ1) is 19.8. The van der Waals surface area contributed by atoms with E-state index in [-0.39, 0.29) is 5.91 Å². The number of para-hydroxylation sites is 2. The Labute approximate surface area is 178 Å². The molecule has 4 aromatic rings. The highest BCUT2D eigenvalue weighted by molar-refractivity contribution is 6.32. The van der Waals surface area contributed by atoms with E-state index in [2.05, 4.69) is 15.3 Å². The van der Waals surface area contributed by atoms with Gasteiger partial charge in [-0.3, -0.25) is 4.79 Å². The van der Waals surface area contributed by atoms with E-state index >= 15 is 0 Å². The molecule has 1 heterocycles. The maximum atomic E-state index is 12.8. The molecule has 3 aromatic carbocycles. The zero-order chi connectivity index (χ0) is 21.1. The monoisotopic (exact) mass is 421 g/mol. The number of ether oxygens (including phenoxy) is 2. The van der Waals surface area contributed by atoms with Gasteiger partial charge >= 0.3 is 0 Å². The SMILES string of the molecule is CCOc1ccc(C(=O)Nc2cc(-c3nc4ccccc4[nH]3)ccc2OC)cc1Cl. The molecular weight excluding hydrogens is 402 g/mol. The van der Waals surface area contributed by atoms with Crippen molar-refractivity contribution < 1.29 is 14.3 Å². The summed E-state index contributed by atoms with van der Waals surface area (Å²) in [6.45, 7) is 2.37. The number of rotatable bonds is 6. The van der Waals surface area contributed by atoms with E-state index in [1.807, 2.05) is 43.3 Å². The first-order chi connectivity index (χ1) is 14.6. The maximum Gasteiger partial charge on any atom is 0.255 e. The molecule has 0 aliphatic carbocycles. The van der Waals surface area contributed by atoms with Crippen molar-refractivity contribution in [1.29, 1.82) is 0 Å². The van der Waals surface area contributed by atoms with E-state index < -0.39 is 0 Å². The minimum absolute atomic E-state index is 0.306. The first-order valence-corrected chi connectivity index (χ1v) is 9.83. The fourth-order valence-electron chi connectivity index (χ4n) is 3.15. The third-order valence-electron chi connectivity index (χ3n) is 4.60. The van der Waals surface area contributed by atoms with Gasteiger partial charge in [-0.15, -0.1) is 0 Å². The number of nitrogens with zero attached hydrogens (tertiary/aromatic N) is 1. The van der Waals surface area contributed by atoms with Crippen molar-refractivity contribution in [1.82, 2.24) is 9.97 Å². The van der Waals surface area contributed by atoms with Crippen LogP contribution in [-0.2, 0) is 0 Å². The maximum absolute atomic E-state index is 12.8. The number of carbonyl (C=O) groups is 1. The number of amides is 1. The van der Waals surface area contributed by atoms with Crippen molar-refractivity contribution in [3.05, 3.63) is 71.2 Å². The molecule has 0 fully saturated rings. The van der Waals surface area contributed by atoms with Crippen molar-refractivity contribution in [3.63, 3.8) is 0 Å². The number of hydrogen-bond donors (Lipinski definition) is 2. The standard InChI is InChI=1S/C23H20ClN3O3/c1-3-30-20-10-9-15(12-16(20)24)23(28)27-19-13-14(8-11-21(19)29-2)22-25-17-6-4-5-7-18(17)26-22/h4-13H,3H2,1-2H3,(H,25,26)(H,27,28). The summed E-state index contributed by atoms with van der Waals surface area (Å²) in [6, 6.07) is 18.2. The molecule has 0 spiro atoms. The summed E-state index contributed by atoms with van der Waals surface area (Å²) in [5, 5.41) is 3.28. The van der Waals surface area contributed by atoms with Crippen LogP contribution in [0.2, 0.25) is 5.02 Å². The molecule has 2 N–H and O–H groups in total. The highest BCUT2D eigenvalue weighted by atomic mass is 35.5. The zero-order valence-electron chi connectivity index (χ0n) is 16.5. The van der Waals surface area contributed by atoms with Crippen molar-refractivity contribution in [2.24, 2.45) is 0 Å². The number of H-pyrrole nitrogens is 1. The van der Waals surface area contributed by atoms with Gasteiger partial charge in [-0.05, 0) is 55.5 Å². The van der Waals surface area contributed by atoms with Crippen LogP contribution >= 0.6 is 11.6 Å². The van der Waals surface area contributed by atoms with Crippen LogP contribution in [0.4, 0.5) is 5.69 Å². The minimum atomic E-state index is -0.306. The molecular formula is C23H20ClN3O3. The number of halogens is 1. The summed E-state index contributed by atoms with van der Waals surface area (Å²) in [6.07, 6.45) is 0. The summed E-state index contributed by atoms with van der Waals surface area (Å²) < 4.78 is 10.8. The zero-order valence-corrected chi connectivity index (χ0v) is 17.3. The molecule has 4 rings (SSSR count). The second-order valence-electron chi connectivity index (χ2n) is 6.55. The summed E-state index contributed by atoms with van der Waals surface area (Å²) in [4.78, 5) is 20.7. The molecule has 0 radical (unpaired) electrons. The number of nitrogens with one attached hydrogen (secondary N) is 2. The van der Waals surface area contributed by atoms with E-state index in [9.17, 15) is 4.79 Å². The van der Waals surface area contributed by atoms with Crippen molar-refractivity contribution in [2.45, 2.75) is 6.92 Å². The number of aromatic nitrogens is 2. The molecule has 0 unspecified atom stereocenters. The molecule has 1 amide bonds. The van der Waals surface area contributed by atoms with Gasteiger partial charge in [0.25, 0.3) is 5.91 Å². The third kappa shape index (κ3) is 3.95. The molecule has 0 aliphatic heterocycles. The smallest absolute Gasteiger partial charge is 0.255 e. The van der Waals surface area contributed by atoms with Gasteiger partial charge < -0.3 is 19.8 Å². The molecule has 0 saturated carbocycles. The lowest BCUT2D eigenvalue weighted by molar-refractivity contribution is 0.102. The number of fused-ring (bicyclic) bond motifs is 1. The Balaban J connectivity index is 1.64. The summed E-state index contributed by atoms with van der Waals surface area (Å²) in [7, 11) is 1.56. The average molecular weight is 422 g/mol. The molecule has 0 bridgehead atoms. The fourth-order valence-corrected chi connectivity index (χ4v) is 3.39. The predicted octanol–water partition coefficient (Wildman–Crippen LogP) is 5.54. The van der Waals surface area contributed by atoms with Gasteiger partial charge in [0.05, 0.1) is 35.5 Å². The van der Waals surface area contributed by atoms with E-state index in [0.29, 0.717) is 40.2 Å². The molecule has 0 aliphatic rings. The number of methoxy groups -OCH3 is 1. The Morgan fingerprint density at radius 3 is 2.63 bits per heavy atom. The van der Waals surface area contributed by atoms with E-state index in [4.69, 9.17) is 21.1 Å². The van der Waals surface area contributed by atoms with Crippen LogP contribution < -0.4 is 14.8 Å². The minimum Gasteiger partial charge on any atom is -0.495 e. The van der Waals surface area contributed by atoms with Crippen LogP contribution in [0.5, 0.6) is 11.5 Å². The van der Waals surface area contributed by atoms with Crippen LogP contribution in [-0.4, -0.2) is 29.6 Å². The summed E-state index contributed by atoms with van der Waals surface area (Å²) >= 11 is 6.22. The van der Waals surface area contributed by atoms with Gasteiger partial charge in [0.2, 0.25) is 0 Å². The molecule has 7 heteroatoms. The molecule has 0 atom stereocenters. The number of imidazole rings is 1. The third-order valence-corrected chi connectivity index (χ3v) is 4.90. The Kier molecular flexibility index (Phi) is 5.59. The molecule has 30 heavy (non-hydrogen) atoms. The largest absolute Gasteiger partial charge is 0.495 e. The topological polar surface area (TPSA) is 76.2 Å². The Morgan fingerprint density at radius 1 is 1.10 bits per heavy atom. The van der Waals surface area contributed by atoms with Gasteiger partial charge in [0, 0.05) is 11.1 Å². The lowest BCUT2D eigenvalue weighted by Gasteiger charge is -2.12. The van der Waals surface area contributed by atoms with E-state index in [0.717, 1.165) is 16.6 Å². The number of anilines is 1. The normalized spacial score (nSPS) is 10.8. The second-order valence-corrected chi connectivity index (χ2v) is 6.96. The van der Waals surface area contributed by atoms with Crippen LogP contribution in [0, 0.1) is 0 Å². The number of aromatic amines is 1. The highest BCUT2D eigenvalue weighted by Gasteiger charge is 2.14. The number of benzene rings is 3. The van der Waals surface area contributed by atoms with Crippen LogP contribution in [0.1, 0.15) is 17.3 Å². The number of hydrogen-bond acceptors (Lipinski definition) is 4. The fraction of sp³-hybridized carbons (Fsp3) is 0.130. The highest BCUT2D eigenvalue weighted by Crippen LogP contribution is 2.31. The molecule has 152 valence electrons. The lowest BCUT2D eigenvalue weighted by atomic mass is 10.1. The molecule has 1 aromatic heterocycles. The van der Waals surface area contributed by atoms with Gasteiger partial charge in [0.1, 0.15) is 17.3 Å². The van der Waals surface area contributed by atoms with Gasteiger partial charge in [0.15, 0.2) is 0 Å². The van der Waals surface area contributed by atoms with Crippen LogP contribution in [0.25, 0.3) is 22.4 Å². The Hall–Kier alpha value is -3.51. The van der Waals surface area contributed by atoms with Gasteiger partial charge in [-0.25, -0.2) is 4.98 Å². The number of carbonyl (C=O) groups excluding carboxylic acids is 1. The Bertz CT molecular complexity index is 1190. The predicted molar refractivity (Wildman–Crippen MR) is 119 cm³/mol. The van der Waals surface area contributed by atoms with E-state index in [1.165, 1.54) is 0 Å². The van der Waals surface area contributed by atoms with Crippen molar-refractivity contribution in [2.75, 3.05) is 19.0 Å². The molecule has 0 saturated heterocycles. The first-order valence-electron chi connectivity index (χ1n) is 9.46. The second kappa shape index (κ2) is 8.47. The lowest BCUT2D eigenvalue weighted by Crippen LogP contribution is -2.13. The van der Waals surface area contributed by atoms with E-state index in [1.54, 1.807) is 31.4 Å². The van der Waals surface area contributed by atoms with Gasteiger partial charge in [-0.2, -0.15) is 0 Å². The average Bonchev–Trinajstić information content (AvgIpc) is 3.19. The van der Waals surface area contributed by atoms with Crippen molar-refractivity contribution >= 4 is 34.2 Å². The summed E-state index contributed by atoms with van der Waals surface area (Å²) in [5.74, 6) is 1.49. The van der Waals surface area contributed by atoms with Crippen LogP contribution in [0.3, 0.4) is 0 Å². The quantitative estimate of drug-likeness (QED) is 0.428.